The fourth-order valence-corrected chi connectivity index (χ4v) is 6.69. The third kappa shape index (κ3) is 5.61. The van der Waals surface area contributed by atoms with E-state index in [9.17, 15) is 18.0 Å². The Hall–Kier alpha value is -3.15. The molecule has 2 fully saturated rings. The number of fused-ring (bicyclic) bond motifs is 6. The minimum Gasteiger partial charge on any atom is -0.350 e. The number of aryl methyl sites for hydroxylation is 1. The standard InChI is InChI=1S/C27H39N7O4S/c1-26(2,3)11-14-31-15-16-33(25(31)36)21-9-8-20-23(28-21)34-18-19(17-27(34,4)5)7-6-12-32-13-10-22(29-32)39(37,38)30-24(20)35/h8-10,13,19H,6-7,11-12,14-18H2,1-5H3,(H,30,35). The van der Waals surface area contributed by atoms with Crippen LogP contribution in [0.4, 0.5) is 16.4 Å². The normalized spacial score (nSPS) is 23.0. The van der Waals surface area contributed by atoms with E-state index in [1.807, 2.05) is 4.90 Å². The van der Waals surface area contributed by atoms with Gasteiger partial charge in [0, 0.05) is 44.5 Å². The van der Waals surface area contributed by atoms with E-state index in [2.05, 4.69) is 49.3 Å². The Kier molecular flexibility index (Phi) is 6.89. The summed E-state index contributed by atoms with van der Waals surface area (Å²) >= 11 is 0. The zero-order valence-corrected chi connectivity index (χ0v) is 24.3. The van der Waals surface area contributed by atoms with Crippen LogP contribution in [-0.4, -0.2) is 71.7 Å². The van der Waals surface area contributed by atoms with Gasteiger partial charge in [-0.3, -0.25) is 14.4 Å². The highest BCUT2D eigenvalue weighted by atomic mass is 32.2. The predicted molar refractivity (Wildman–Crippen MR) is 148 cm³/mol. The molecule has 3 aliphatic rings. The number of anilines is 2. The lowest BCUT2D eigenvalue weighted by atomic mass is 9.92. The van der Waals surface area contributed by atoms with Gasteiger partial charge in [-0.05, 0) is 69.1 Å². The molecule has 2 saturated heterocycles. The van der Waals surface area contributed by atoms with Crippen molar-refractivity contribution in [3.8, 4) is 0 Å². The lowest BCUT2D eigenvalue weighted by Gasteiger charge is -2.34. The van der Waals surface area contributed by atoms with Crippen molar-refractivity contribution >= 4 is 33.6 Å². The van der Waals surface area contributed by atoms with Crippen molar-refractivity contribution in [2.24, 2.45) is 11.3 Å². The minimum absolute atomic E-state index is 0.103. The molecule has 3 aliphatic heterocycles. The van der Waals surface area contributed by atoms with Crippen LogP contribution >= 0.6 is 0 Å². The quantitative estimate of drug-likeness (QED) is 0.613. The van der Waals surface area contributed by atoms with E-state index in [0.717, 1.165) is 25.7 Å². The first-order valence-electron chi connectivity index (χ1n) is 13.7. The first kappa shape index (κ1) is 27.4. The number of carbonyl (C=O) groups excluding carboxylic acids is 2. The maximum Gasteiger partial charge on any atom is 0.325 e. The number of sulfonamides is 1. The lowest BCUT2D eigenvalue weighted by Crippen LogP contribution is -2.41. The molecule has 0 aliphatic carbocycles. The molecule has 3 amide bonds. The Morgan fingerprint density at radius 1 is 1.10 bits per heavy atom. The van der Waals surface area contributed by atoms with Crippen molar-refractivity contribution in [3.05, 3.63) is 30.0 Å². The number of hydrogen-bond donors (Lipinski definition) is 1. The molecule has 4 bridgehead atoms. The van der Waals surface area contributed by atoms with Crippen molar-refractivity contribution in [3.63, 3.8) is 0 Å². The van der Waals surface area contributed by atoms with Gasteiger partial charge in [0.05, 0.1) is 5.56 Å². The van der Waals surface area contributed by atoms with Crippen LogP contribution in [0.3, 0.4) is 0 Å². The van der Waals surface area contributed by atoms with Crippen LogP contribution in [0.25, 0.3) is 0 Å². The Labute approximate surface area is 230 Å². The third-order valence-electron chi connectivity index (χ3n) is 7.94. The summed E-state index contributed by atoms with van der Waals surface area (Å²) in [5, 5.41) is 3.99. The third-order valence-corrected chi connectivity index (χ3v) is 9.16. The fraction of sp³-hybridized carbons (Fsp3) is 0.630. The molecule has 2 aromatic heterocycles. The molecule has 1 atom stereocenters. The van der Waals surface area contributed by atoms with Gasteiger partial charge >= 0.3 is 6.03 Å². The molecule has 39 heavy (non-hydrogen) atoms. The zero-order chi connectivity index (χ0) is 28.2. The highest BCUT2D eigenvalue weighted by molar-refractivity contribution is 7.90. The maximum absolute atomic E-state index is 13.4. The van der Waals surface area contributed by atoms with Gasteiger partial charge in [0.25, 0.3) is 15.9 Å². The summed E-state index contributed by atoms with van der Waals surface area (Å²) in [6.45, 7) is 13.8. The SMILES string of the molecule is CC(C)(C)CCN1CCN(c2ccc3c(n2)N2CC(CCCn4ccc(n4)S(=O)(=O)NC3=O)CC2(C)C)C1=O. The molecule has 0 aromatic carbocycles. The number of rotatable bonds is 3. The Balaban J connectivity index is 1.51. The number of urea groups is 1. The topological polar surface area (TPSA) is 121 Å². The average molecular weight is 558 g/mol. The Bertz CT molecular complexity index is 1380. The van der Waals surface area contributed by atoms with Gasteiger partial charge in [-0.15, -0.1) is 0 Å². The first-order chi connectivity index (χ1) is 18.2. The Morgan fingerprint density at radius 2 is 1.87 bits per heavy atom. The number of carbonyl (C=O) groups is 2. The minimum atomic E-state index is -4.17. The number of nitrogens with zero attached hydrogens (tertiary/aromatic N) is 6. The van der Waals surface area contributed by atoms with Crippen molar-refractivity contribution in [1.82, 2.24) is 24.4 Å². The van der Waals surface area contributed by atoms with E-state index in [1.54, 1.807) is 27.9 Å². The molecule has 0 saturated carbocycles. The number of aromatic nitrogens is 3. The number of amides is 3. The predicted octanol–water partition coefficient (Wildman–Crippen LogP) is 3.47. The molecule has 0 radical (unpaired) electrons. The van der Waals surface area contributed by atoms with E-state index in [1.165, 1.54) is 6.07 Å². The smallest absolute Gasteiger partial charge is 0.325 e. The summed E-state index contributed by atoms with van der Waals surface area (Å²) in [5.74, 6) is 0.474. The monoisotopic (exact) mass is 557 g/mol. The van der Waals surface area contributed by atoms with Crippen molar-refractivity contribution in [2.75, 3.05) is 36.0 Å². The van der Waals surface area contributed by atoms with Crippen molar-refractivity contribution in [1.29, 1.82) is 0 Å². The molecular formula is C27H39N7O4S. The molecule has 11 nitrogen and oxygen atoms in total. The molecule has 1 unspecified atom stereocenters. The highest BCUT2D eigenvalue weighted by Gasteiger charge is 2.41. The Morgan fingerprint density at radius 3 is 2.62 bits per heavy atom. The number of pyridine rings is 1. The number of nitrogens with one attached hydrogen (secondary N) is 1. The van der Waals surface area contributed by atoms with E-state index < -0.39 is 15.9 Å². The molecule has 212 valence electrons. The van der Waals surface area contributed by atoms with Crippen LogP contribution in [0.2, 0.25) is 0 Å². The second kappa shape index (κ2) is 9.79. The summed E-state index contributed by atoms with van der Waals surface area (Å²) in [6, 6.07) is 4.52. The molecule has 5 rings (SSSR count). The van der Waals surface area contributed by atoms with Crippen molar-refractivity contribution < 1.29 is 18.0 Å². The van der Waals surface area contributed by atoms with Crippen LogP contribution in [-0.2, 0) is 16.6 Å². The zero-order valence-electron chi connectivity index (χ0n) is 23.5. The van der Waals surface area contributed by atoms with Crippen LogP contribution in [0.5, 0.6) is 0 Å². The second-order valence-electron chi connectivity index (χ2n) is 12.8. The van der Waals surface area contributed by atoms with Gasteiger partial charge in [0.15, 0.2) is 5.03 Å². The number of hydrogen-bond acceptors (Lipinski definition) is 7. The average Bonchev–Trinajstić information content (AvgIpc) is 3.53. The molecule has 5 heterocycles. The second-order valence-corrected chi connectivity index (χ2v) is 14.4. The summed E-state index contributed by atoms with van der Waals surface area (Å²) < 4.78 is 29.8. The van der Waals surface area contributed by atoms with Crippen LogP contribution < -0.4 is 14.5 Å². The molecule has 1 N–H and O–H groups in total. The summed E-state index contributed by atoms with van der Waals surface area (Å²) in [7, 11) is -4.17. The van der Waals surface area contributed by atoms with E-state index in [0.29, 0.717) is 50.3 Å². The van der Waals surface area contributed by atoms with Crippen LogP contribution in [0.1, 0.15) is 70.7 Å². The van der Waals surface area contributed by atoms with Crippen LogP contribution in [0, 0.1) is 11.3 Å². The first-order valence-corrected chi connectivity index (χ1v) is 15.2. The van der Waals surface area contributed by atoms with Gasteiger partial charge in [-0.1, -0.05) is 20.8 Å². The molecular weight excluding hydrogens is 518 g/mol. The summed E-state index contributed by atoms with van der Waals surface area (Å²) in [6.07, 6.45) is 5.22. The van der Waals surface area contributed by atoms with Gasteiger partial charge in [0.1, 0.15) is 11.6 Å². The maximum atomic E-state index is 13.4. The summed E-state index contributed by atoms with van der Waals surface area (Å²) in [5.41, 5.74) is -0.0368. The summed E-state index contributed by atoms with van der Waals surface area (Å²) in [4.78, 5) is 37.2. The molecule has 2 aromatic rings. The molecule has 0 spiro atoms. The van der Waals surface area contributed by atoms with Gasteiger partial charge in [0.2, 0.25) is 0 Å². The van der Waals surface area contributed by atoms with Crippen molar-refractivity contribution in [2.45, 2.75) is 77.4 Å². The van der Waals surface area contributed by atoms with E-state index in [-0.39, 0.29) is 27.6 Å². The lowest BCUT2D eigenvalue weighted by molar-refractivity contribution is 0.0981. The van der Waals surface area contributed by atoms with Gasteiger partial charge in [-0.25, -0.2) is 14.5 Å². The van der Waals surface area contributed by atoms with E-state index >= 15 is 0 Å². The van der Waals surface area contributed by atoms with Gasteiger partial charge < -0.3 is 9.80 Å². The van der Waals surface area contributed by atoms with Gasteiger partial charge in [-0.2, -0.15) is 13.5 Å². The highest BCUT2D eigenvalue weighted by Crippen LogP contribution is 2.40. The van der Waals surface area contributed by atoms with Crippen LogP contribution in [0.15, 0.2) is 29.4 Å². The fourth-order valence-electron chi connectivity index (χ4n) is 5.78. The largest absolute Gasteiger partial charge is 0.350 e. The van der Waals surface area contributed by atoms with E-state index in [4.69, 9.17) is 4.98 Å². The molecule has 12 heteroatoms.